The van der Waals surface area contributed by atoms with Gasteiger partial charge in [0.25, 0.3) is 0 Å². The van der Waals surface area contributed by atoms with Crippen LogP contribution in [0.25, 0.3) is 0 Å². The van der Waals surface area contributed by atoms with Crippen molar-refractivity contribution in [3.8, 4) is 0 Å². The number of imidazole rings is 1. The summed E-state index contributed by atoms with van der Waals surface area (Å²) in [6.45, 7) is 4.29. The first kappa shape index (κ1) is 10.7. The van der Waals surface area contributed by atoms with E-state index < -0.39 is 0 Å². The van der Waals surface area contributed by atoms with Crippen molar-refractivity contribution in [2.45, 2.75) is 57.6 Å². The average molecular weight is 208 g/mol. The third kappa shape index (κ3) is 2.07. The van der Waals surface area contributed by atoms with Gasteiger partial charge in [0.2, 0.25) is 0 Å². The van der Waals surface area contributed by atoms with E-state index >= 15 is 0 Å². The van der Waals surface area contributed by atoms with Crippen LogP contribution in [0.1, 0.15) is 57.3 Å². The molecular formula is C12H20N2O. The number of aliphatic hydroxyl groups is 1. The van der Waals surface area contributed by atoms with Crippen LogP contribution in [0, 0.1) is 0 Å². The predicted octanol–water partition coefficient (Wildman–Crippen LogP) is 2.48. The van der Waals surface area contributed by atoms with E-state index in [1.165, 1.54) is 6.42 Å². The number of nitrogens with zero attached hydrogens (tertiary/aromatic N) is 2. The summed E-state index contributed by atoms with van der Waals surface area (Å²) in [5.41, 5.74) is 0. The van der Waals surface area contributed by atoms with E-state index in [0.717, 1.165) is 25.1 Å². The minimum absolute atomic E-state index is 0.189. The molecule has 1 aromatic rings. The highest BCUT2D eigenvalue weighted by Crippen LogP contribution is 2.30. The van der Waals surface area contributed by atoms with Crippen LogP contribution in [0.4, 0.5) is 0 Å². The monoisotopic (exact) mass is 208 g/mol. The molecule has 1 aliphatic rings. The Labute approximate surface area is 91.1 Å². The number of aliphatic hydroxyl groups excluding tert-OH is 1. The van der Waals surface area contributed by atoms with Gasteiger partial charge in [-0.2, -0.15) is 0 Å². The van der Waals surface area contributed by atoms with Gasteiger partial charge in [0.05, 0.1) is 12.1 Å². The van der Waals surface area contributed by atoms with Crippen molar-refractivity contribution in [3.63, 3.8) is 0 Å². The predicted molar refractivity (Wildman–Crippen MR) is 59.8 cm³/mol. The largest absolute Gasteiger partial charge is 0.391 e. The minimum atomic E-state index is -0.189. The molecule has 15 heavy (non-hydrogen) atoms. The number of hydrogen-bond donors (Lipinski definition) is 1. The smallest absolute Gasteiger partial charge is 0.111 e. The minimum Gasteiger partial charge on any atom is -0.391 e. The average Bonchev–Trinajstić information content (AvgIpc) is 2.67. The molecule has 2 rings (SSSR count). The second-order valence-electron chi connectivity index (χ2n) is 4.77. The Morgan fingerprint density at radius 2 is 2.13 bits per heavy atom. The van der Waals surface area contributed by atoms with E-state index in [0.29, 0.717) is 5.92 Å². The fraction of sp³-hybridized carbons (Fsp3) is 0.750. The lowest BCUT2D eigenvalue weighted by atomic mass is 9.92. The molecule has 0 amide bonds. The molecule has 84 valence electrons. The highest BCUT2D eigenvalue weighted by Gasteiger charge is 2.26. The Kier molecular flexibility index (Phi) is 3.10. The van der Waals surface area contributed by atoms with Gasteiger partial charge < -0.3 is 9.67 Å². The lowest BCUT2D eigenvalue weighted by molar-refractivity contribution is 0.0737. The maximum absolute atomic E-state index is 10.00. The van der Waals surface area contributed by atoms with Crippen molar-refractivity contribution >= 4 is 0 Å². The highest BCUT2D eigenvalue weighted by molar-refractivity contribution is 5.01. The van der Waals surface area contributed by atoms with Gasteiger partial charge in [0.1, 0.15) is 5.82 Å². The van der Waals surface area contributed by atoms with Gasteiger partial charge in [0.15, 0.2) is 0 Å². The number of rotatable bonds is 2. The van der Waals surface area contributed by atoms with E-state index in [1.807, 2.05) is 12.4 Å². The third-order valence-electron chi connectivity index (χ3n) is 3.27. The molecule has 2 atom stereocenters. The van der Waals surface area contributed by atoms with Crippen LogP contribution in [0.15, 0.2) is 12.4 Å². The van der Waals surface area contributed by atoms with Crippen molar-refractivity contribution in [2.24, 2.45) is 0 Å². The normalized spacial score (nSPS) is 27.2. The van der Waals surface area contributed by atoms with Crippen LogP contribution >= 0.6 is 0 Å². The molecule has 0 bridgehead atoms. The molecule has 1 saturated carbocycles. The van der Waals surface area contributed by atoms with Crippen molar-refractivity contribution in [1.82, 2.24) is 9.55 Å². The van der Waals surface area contributed by atoms with Crippen molar-refractivity contribution in [3.05, 3.63) is 18.2 Å². The maximum atomic E-state index is 10.00. The zero-order valence-corrected chi connectivity index (χ0v) is 9.56. The molecule has 3 nitrogen and oxygen atoms in total. The Morgan fingerprint density at radius 3 is 2.80 bits per heavy atom. The third-order valence-corrected chi connectivity index (χ3v) is 3.27. The van der Waals surface area contributed by atoms with Crippen LogP contribution in [0.2, 0.25) is 0 Å². The van der Waals surface area contributed by atoms with Gasteiger partial charge in [-0.1, -0.05) is 26.7 Å². The summed E-state index contributed by atoms with van der Waals surface area (Å²) in [5.74, 6) is 1.52. The Balaban J connectivity index is 2.23. The van der Waals surface area contributed by atoms with Crippen molar-refractivity contribution < 1.29 is 5.11 Å². The van der Waals surface area contributed by atoms with Crippen molar-refractivity contribution in [1.29, 1.82) is 0 Å². The van der Waals surface area contributed by atoms with E-state index in [1.54, 1.807) is 0 Å². The molecule has 1 unspecified atom stereocenters. The zero-order chi connectivity index (χ0) is 10.8. The molecule has 0 saturated heterocycles. The Hall–Kier alpha value is -0.830. The Morgan fingerprint density at radius 1 is 1.40 bits per heavy atom. The molecular weight excluding hydrogens is 188 g/mol. The molecule has 1 heterocycles. The van der Waals surface area contributed by atoms with Gasteiger partial charge in [-0.15, -0.1) is 0 Å². The number of hydrogen-bond acceptors (Lipinski definition) is 2. The van der Waals surface area contributed by atoms with E-state index in [2.05, 4.69) is 23.4 Å². The van der Waals surface area contributed by atoms with Gasteiger partial charge >= 0.3 is 0 Å². The summed E-state index contributed by atoms with van der Waals surface area (Å²) in [6, 6.07) is 0.249. The SMILES string of the molecule is CC(C)c1nccn1C1CCCC[C@@H]1O. The number of aromatic nitrogens is 2. The zero-order valence-electron chi connectivity index (χ0n) is 9.56. The second-order valence-corrected chi connectivity index (χ2v) is 4.77. The van der Waals surface area contributed by atoms with Gasteiger partial charge in [-0.05, 0) is 12.8 Å². The lowest BCUT2D eigenvalue weighted by Crippen LogP contribution is -2.28. The van der Waals surface area contributed by atoms with Crippen LogP contribution in [-0.2, 0) is 0 Å². The maximum Gasteiger partial charge on any atom is 0.111 e. The molecule has 1 aliphatic carbocycles. The summed E-state index contributed by atoms with van der Waals surface area (Å²) in [6.07, 6.45) is 8.05. The molecule has 1 N–H and O–H groups in total. The van der Waals surface area contributed by atoms with E-state index in [4.69, 9.17) is 0 Å². The topological polar surface area (TPSA) is 38.0 Å². The second kappa shape index (κ2) is 4.35. The summed E-state index contributed by atoms with van der Waals surface area (Å²) in [4.78, 5) is 4.38. The first-order valence-electron chi connectivity index (χ1n) is 5.91. The molecule has 0 aliphatic heterocycles. The fourth-order valence-corrected chi connectivity index (χ4v) is 2.47. The van der Waals surface area contributed by atoms with Crippen LogP contribution in [0.3, 0.4) is 0 Å². The standard InChI is InChI=1S/C12H20N2O/c1-9(2)12-13-7-8-14(12)10-5-3-4-6-11(10)15/h7-11,15H,3-6H2,1-2H3/t10?,11-/m0/s1. The molecule has 0 spiro atoms. The summed E-state index contributed by atoms with van der Waals surface area (Å²) in [5, 5.41) is 10.00. The lowest BCUT2D eigenvalue weighted by Gasteiger charge is -2.30. The summed E-state index contributed by atoms with van der Waals surface area (Å²) >= 11 is 0. The van der Waals surface area contributed by atoms with Crippen LogP contribution in [0.5, 0.6) is 0 Å². The van der Waals surface area contributed by atoms with Gasteiger partial charge in [-0.3, -0.25) is 0 Å². The molecule has 0 radical (unpaired) electrons. The first-order chi connectivity index (χ1) is 7.20. The van der Waals surface area contributed by atoms with E-state index in [-0.39, 0.29) is 12.1 Å². The first-order valence-corrected chi connectivity index (χ1v) is 5.91. The van der Waals surface area contributed by atoms with Crippen LogP contribution in [-0.4, -0.2) is 20.8 Å². The van der Waals surface area contributed by atoms with Gasteiger partial charge in [0, 0.05) is 18.3 Å². The molecule has 3 heteroatoms. The molecule has 1 aromatic heterocycles. The molecule has 1 fully saturated rings. The highest BCUT2D eigenvalue weighted by atomic mass is 16.3. The van der Waals surface area contributed by atoms with E-state index in [9.17, 15) is 5.11 Å². The Bertz CT molecular complexity index is 319. The fourth-order valence-electron chi connectivity index (χ4n) is 2.47. The van der Waals surface area contributed by atoms with Crippen LogP contribution < -0.4 is 0 Å². The van der Waals surface area contributed by atoms with Crippen molar-refractivity contribution in [2.75, 3.05) is 0 Å². The van der Waals surface area contributed by atoms with Gasteiger partial charge in [-0.25, -0.2) is 4.98 Å². The summed E-state index contributed by atoms with van der Waals surface area (Å²) in [7, 11) is 0. The summed E-state index contributed by atoms with van der Waals surface area (Å²) < 4.78 is 2.18. The quantitative estimate of drug-likeness (QED) is 0.810. The molecule has 0 aromatic carbocycles.